The Morgan fingerprint density at radius 2 is 1.87 bits per heavy atom. The maximum atomic E-state index is 5.66. The predicted octanol–water partition coefficient (Wildman–Crippen LogP) is 2.10. The summed E-state index contributed by atoms with van der Waals surface area (Å²) in [4.78, 5) is 6.71. The highest BCUT2D eigenvalue weighted by molar-refractivity contribution is 5.79. The number of benzene rings is 1. The Hall–Kier alpha value is -1.75. The van der Waals surface area contributed by atoms with Crippen molar-refractivity contribution in [3.63, 3.8) is 0 Å². The van der Waals surface area contributed by atoms with E-state index < -0.39 is 0 Å². The summed E-state index contributed by atoms with van der Waals surface area (Å²) >= 11 is 0. The van der Waals surface area contributed by atoms with Gasteiger partial charge in [-0.25, -0.2) is 0 Å². The highest BCUT2D eigenvalue weighted by atomic mass is 16.5. The molecule has 1 aliphatic rings. The molecule has 0 heterocycles. The molecule has 0 atom stereocenters. The lowest BCUT2D eigenvalue weighted by Crippen LogP contribution is -2.43. The molecule has 0 amide bonds. The van der Waals surface area contributed by atoms with Crippen molar-refractivity contribution in [2.75, 3.05) is 40.3 Å². The van der Waals surface area contributed by atoms with Crippen LogP contribution in [0.4, 0.5) is 0 Å². The largest absolute Gasteiger partial charge is 0.492 e. The molecule has 5 heteroatoms. The number of nitrogens with zero attached hydrogens (tertiary/aromatic N) is 2. The average molecular weight is 318 g/mol. The Balaban J connectivity index is 1.56. The number of para-hydroxylation sites is 1. The molecule has 0 aromatic heterocycles. The fraction of sp³-hybridized carbons (Fsp3) is 0.611. The molecule has 5 nitrogen and oxygen atoms in total. The molecule has 1 aromatic carbocycles. The fourth-order valence-corrected chi connectivity index (χ4v) is 2.95. The smallest absolute Gasteiger partial charge is 0.191 e. The van der Waals surface area contributed by atoms with Gasteiger partial charge in [-0.1, -0.05) is 31.0 Å². The summed E-state index contributed by atoms with van der Waals surface area (Å²) < 4.78 is 5.66. The second-order valence-electron chi connectivity index (χ2n) is 6.01. The quantitative estimate of drug-likeness (QED) is 0.438. The zero-order chi connectivity index (χ0) is 16.3. The zero-order valence-corrected chi connectivity index (χ0v) is 14.4. The van der Waals surface area contributed by atoms with Crippen LogP contribution in [-0.4, -0.2) is 57.2 Å². The summed E-state index contributed by atoms with van der Waals surface area (Å²) in [6, 6.07) is 10.6. The lowest BCUT2D eigenvalue weighted by atomic mass is 10.2. The number of nitrogens with one attached hydrogen (secondary N) is 2. The van der Waals surface area contributed by atoms with Crippen molar-refractivity contribution in [3.05, 3.63) is 30.3 Å². The van der Waals surface area contributed by atoms with Gasteiger partial charge in [0.15, 0.2) is 5.96 Å². The molecule has 0 radical (unpaired) electrons. The van der Waals surface area contributed by atoms with Crippen LogP contribution in [-0.2, 0) is 0 Å². The Morgan fingerprint density at radius 3 is 2.57 bits per heavy atom. The molecule has 2 N–H and O–H groups in total. The van der Waals surface area contributed by atoms with E-state index in [9.17, 15) is 0 Å². The van der Waals surface area contributed by atoms with Crippen molar-refractivity contribution in [2.24, 2.45) is 4.99 Å². The predicted molar refractivity (Wildman–Crippen MR) is 96.2 cm³/mol. The summed E-state index contributed by atoms with van der Waals surface area (Å²) in [7, 11) is 4.02. The molecule has 1 aliphatic carbocycles. The van der Waals surface area contributed by atoms with E-state index >= 15 is 0 Å². The number of guanidine groups is 1. The summed E-state index contributed by atoms with van der Waals surface area (Å²) in [5, 5.41) is 6.64. The first-order valence-electron chi connectivity index (χ1n) is 8.62. The van der Waals surface area contributed by atoms with Gasteiger partial charge in [-0.05, 0) is 32.0 Å². The summed E-state index contributed by atoms with van der Waals surface area (Å²) in [6.45, 7) is 3.30. The number of aliphatic imine (C=N–C) groups is 1. The molecular weight excluding hydrogens is 288 g/mol. The first kappa shape index (κ1) is 17.6. The molecule has 0 unspecified atom stereocenters. The minimum absolute atomic E-state index is 0.618. The van der Waals surface area contributed by atoms with Crippen LogP contribution in [0.15, 0.2) is 35.3 Å². The number of ether oxygens (including phenoxy) is 1. The van der Waals surface area contributed by atoms with Crippen molar-refractivity contribution in [1.82, 2.24) is 15.5 Å². The number of hydrogen-bond acceptors (Lipinski definition) is 3. The monoisotopic (exact) mass is 318 g/mol. The van der Waals surface area contributed by atoms with Crippen molar-refractivity contribution < 1.29 is 4.74 Å². The van der Waals surface area contributed by atoms with Gasteiger partial charge in [0.1, 0.15) is 12.4 Å². The van der Waals surface area contributed by atoms with Crippen LogP contribution in [0.2, 0.25) is 0 Å². The molecular formula is C18H30N4O. The number of rotatable bonds is 8. The molecule has 0 spiro atoms. The average Bonchev–Trinajstić information content (AvgIpc) is 3.12. The van der Waals surface area contributed by atoms with Gasteiger partial charge in [-0.2, -0.15) is 0 Å². The van der Waals surface area contributed by atoms with E-state index in [2.05, 4.69) is 27.6 Å². The summed E-state index contributed by atoms with van der Waals surface area (Å²) in [5.74, 6) is 1.73. The highest BCUT2D eigenvalue weighted by Gasteiger charge is 2.18. The van der Waals surface area contributed by atoms with E-state index in [1.54, 1.807) is 7.05 Å². The Bertz CT molecular complexity index is 457. The Kier molecular flexibility index (Phi) is 7.73. The van der Waals surface area contributed by atoms with Gasteiger partial charge in [-0.3, -0.25) is 4.99 Å². The van der Waals surface area contributed by atoms with Crippen LogP contribution < -0.4 is 15.4 Å². The van der Waals surface area contributed by atoms with Crippen LogP contribution in [0, 0.1) is 0 Å². The zero-order valence-electron chi connectivity index (χ0n) is 14.4. The summed E-state index contributed by atoms with van der Waals surface area (Å²) in [6.07, 6.45) is 5.46. The van der Waals surface area contributed by atoms with Gasteiger partial charge in [-0.15, -0.1) is 0 Å². The first-order chi connectivity index (χ1) is 11.3. The van der Waals surface area contributed by atoms with E-state index in [-0.39, 0.29) is 0 Å². The topological polar surface area (TPSA) is 48.9 Å². The molecule has 0 bridgehead atoms. The minimum Gasteiger partial charge on any atom is -0.492 e. The molecule has 1 fully saturated rings. The molecule has 2 rings (SSSR count). The Labute approximate surface area is 140 Å². The molecule has 1 saturated carbocycles. The van der Waals surface area contributed by atoms with Crippen molar-refractivity contribution in [1.29, 1.82) is 0 Å². The van der Waals surface area contributed by atoms with Crippen LogP contribution in [0.25, 0.3) is 0 Å². The standard InChI is InChI=1S/C18H30N4O/c1-19-18(20-12-14-22(2)16-8-6-7-9-16)21-13-15-23-17-10-4-3-5-11-17/h3-5,10-11,16H,6-9,12-15H2,1-2H3,(H2,19,20,21). The van der Waals surface area contributed by atoms with E-state index in [0.29, 0.717) is 6.61 Å². The molecule has 0 aliphatic heterocycles. The second-order valence-corrected chi connectivity index (χ2v) is 6.01. The van der Waals surface area contributed by atoms with E-state index in [1.807, 2.05) is 30.3 Å². The third kappa shape index (κ3) is 6.48. The third-order valence-corrected chi connectivity index (χ3v) is 4.34. The minimum atomic E-state index is 0.618. The Morgan fingerprint density at radius 1 is 1.17 bits per heavy atom. The van der Waals surface area contributed by atoms with Crippen LogP contribution in [0.5, 0.6) is 5.75 Å². The van der Waals surface area contributed by atoms with Crippen molar-refractivity contribution in [3.8, 4) is 5.75 Å². The molecule has 128 valence electrons. The number of hydrogen-bond donors (Lipinski definition) is 2. The van der Waals surface area contributed by atoms with E-state index in [0.717, 1.165) is 37.4 Å². The maximum absolute atomic E-state index is 5.66. The third-order valence-electron chi connectivity index (χ3n) is 4.34. The molecule has 0 saturated heterocycles. The fourth-order valence-electron chi connectivity index (χ4n) is 2.95. The second kappa shape index (κ2) is 10.1. The molecule has 23 heavy (non-hydrogen) atoms. The normalized spacial score (nSPS) is 15.9. The first-order valence-corrected chi connectivity index (χ1v) is 8.62. The van der Waals surface area contributed by atoms with Crippen LogP contribution >= 0.6 is 0 Å². The number of likely N-dealkylation sites (N-methyl/N-ethyl adjacent to an activating group) is 1. The lowest BCUT2D eigenvalue weighted by Gasteiger charge is -2.24. The summed E-state index contributed by atoms with van der Waals surface area (Å²) in [5.41, 5.74) is 0. The van der Waals surface area contributed by atoms with Gasteiger partial charge in [0, 0.05) is 26.2 Å². The van der Waals surface area contributed by atoms with Gasteiger partial charge in [0.25, 0.3) is 0 Å². The van der Waals surface area contributed by atoms with E-state index in [4.69, 9.17) is 4.74 Å². The van der Waals surface area contributed by atoms with Gasteiger partial charge < -0.3 is 20.3 Å². The van der Waals surface area contributed by atoms with Crippen LogP contribution in [0.3, 0.4) is 0 Å². The van der Waals surface area contributed by atoms with Crippen molar-refractivity contribution in [2.45, 2.75) is 31.7 Å². The van der Waals surface area contributed by atoms with E-state index in [1.165, 1.54) is 25.7 Å². The SMILES string of the molecule is CN=C(NCCOc1ccccc1)NCCN(C)C1CCCC1. The molecule has 1 aromatic rings. The highest BCUT2D eigenvalue weighted by Crippen LogP contribution is 2.21. The maximum Gasteiger partial charge on any atom is 0.191 e. The van der Waals surface area contributed by atoms with Crippen LogP contribution in [0.1, 0.15) is 25.7 Å². The van der Waals surface area contributed by atoms with Gasteiger partial charge >= 0.3 is 0 Å². The van der Waals surface area contributed by atoms with Gasteiger partial charge in [0.05, 0.1) is 6.54 Å². The van der Waals surface area contributed by atoms with Gasteiger partial charge in [0.2, 0.25) is 0 Å². The lowest BCUT2D eigenvalue weighted by molar-refractivity contribution is 0.249. The van der Waals surface area contributed by atoms with Crippen molar-refractivity contribution >= 4 is 5.96 Å².